The second kappa shape index (κ2) is 8.27. The molecule has 0 bridgehead atoms. The van der Waals surface area contributed by atoms with Crippen LogP contribution in [0.4, 0.5) is 10.3 Å². The number of aromatic nitrogens is 2. The number of nitrogens with zero attached hydrogens (tertiary/aromatic N) is 4. The second-order valence-electron chi connectivity index (χ2n) is 6.49. The van der Waals surface area contributed by atoms with Crippen LogP contribution in [0, 0.1) is 0 Å². The molecule has 26 heavy (non-hydrogen) atoms. The average Bonchev–Trinajstić information content (AvgIpc) is 3.29. The third-order valence-corrected chi connectivity index (χ3v) is 5.45. The van der Waals surface area contributed by atoms with E-state index in [-0.39, 0.29) is 24.3 Å². The van der Waals surface area contributed by atoms with Crippen LogP contribution < -0.4 is 15.1 Å². The minimum atomic E-state index is -0.0655. The molecule has 1 atom stereocenters. The number of benzene rings is 1. The van der Waals surface area contributed by atoms with E-state index in [4.69, 9.17) is 0 Å². The van der Waals surface area contributed by atoms with Crippen molar-refractivity contribution in [2.24, 2.45) is 0 Å². The summed E-state index contributed by atoms with van der Waals surface area (Å²) < 4.78 is 0. The van der Waals surface area contributed by atoms with Crippen molar-refractivity contribution < 1.29 is 9.59 Å². The Morgan fingerprint density at radius 1 is 1.35 bits per heavy atom. The van der Waals surface area contributed by atoms with Crippen molar-refractivity contribution in [2.45, 2.75) is 25.7 Å². The fourth-order valence-corrected chi connectivity index (χ4v) is 3.68. The predicted octanol–water partition coefficient (Wildman–Crippen LogP) is 2.02. The molecule has 7 nitrogen and oxygen atoms in total. The molecule has 1 aromatic heterocycles. The third-order valence-electron chi connectivity index (χ3n) is 4.39. The molecule has 8 heteroatoms. The van der Waals surface area contributed by atoms with Gasteiger partial charge in [0.15, 0.2) is 0 Å². The maximum absolute atomic E-state index is 12.2. The van der Waals surface area contributed by atoms with Crippen molar-refractivity contribution >= 4 is 33.4 Å². The number of nitrogens with one attached hydrogen (secondary N) is 1. The molecule has 0 aliphatic carbocycles. The number of carbonyl (C=O) groups excluding carboxylic acids is 2. The summed E-state index contributed by atoms with van der Waals surface area (Å²) in [5.74, 6) is 0.270. The van der Waals surface area contributed by atoms with E-state index in [0.717, 1.165) is 6.42 Å². The molecule has 1 fully saturated rings. The van der Waals surface area contributed by atoms with Gasteiger partial charge >= 0.3 is 0 Å². The van der Waals surface area contributed by atoms with E-state index >= 15 is 0 Å². The monoisotopic (exact) mass is 373 g/mol. The molecule has 1 N–H and O–H groups in total. The molecule has 1 aliphatic rings. The second-order valence-corrected chi connectivity index (χ2v) is 7.42. The molecular formula is C18H23N5O2S. The molecule has 0 radical (unpaired) electrons. The highest BCUT2D eigenvalue weighted by atomic mass is 32.1. The first-order valence-corrected chi connectivity index (χ1v) is 9.53. The summed E-state index contributed by atoms with van der Waals surface area (Å²) >= 11 is 1.33. The van der Waals surface area contributed by atoms with Crippen LogP contribution in [0.5, 0.6) is 0 Å². The van der Waals surface area contributed by atoms with E-state index < -0.39 is 0 Å². The fourth-order valence-electron chi connectivity index (χ4n) is 2.83. The zero-order valence-electron chi connectivity index (χ0n) is 15.0. The van der Waals surface area contributed by atoms with Gasteiger partial charge in [0.05, 0.1) is 6.54 Å². The highest BCUT2D eigenvalue weighted by Gasteiger charge is 2.25. The summed E-state index contributed by atoms with van der Waals surface area (Å²) in [4.78, 5) is 27.4. The van der Waals surface area contributed by atoms with E-state index in [1.807, 2.05) is 18.2 Å². The quantitative estimate of drug-likeness (QED) is 0.803. The first-order valence-electron chi connectivity index (χ1n) is 8.71. The van der Waals surface area contributed by atoms with Crippen LogP contribution in [-0.2, 0) is 9.59 Å². The Labute approximate surface area is 157 Å². The van der Waals surface area contributed by atoms with Crippen LogP contribution in [-0.4, -0.2) is 48.7 Å². The highest BCUT2D eigenvalue weighted by molar-refractivity contribution is 7.19. The van der Waals surface area contributed by atoms with Gasteiger partial charge in [-0.05, 0) is 17.9 Å². The summed E-state index contributed by atoms with van der Waals surface area (Å²) in [6.07, 6.45) is 1.42. The van der Waals surface area contributed by atoms with Gasteiger partial charge in [0.25, 0.3) is 0 Å². The molecular weight excluding hydrogens is 350 g/mol. The topological polar surface area (TPSA) is 78.4 Å². The lowest BCUT2D eigenvalue weighted by Crippen LogP contribution is -2.36. The molecule has 0 saturated carbocycles. The van der Waals surface area contributed by atoms with E-state index in [9.17, 15) is 9.59 Å². The Morgan fingerprint density at radius 3 is 2.81 bits per heavy atom. The first-order chi connectivity index (χ1) is 12.5. The average molecular weight is 373 g/mol. The predicted molar refractivity (Wildman–Crippen MR) is 103 cm³/mol. The smallest absolute Gasteiger partial charge is 0.239 e. The van der Waals surface area contributed by atoms with Gasteiger partial charge < -0.3 is 10.2 Å². The number of amides is 2. The van der Waals surface area contributed by atoms with Crippen LogP contribution >= 0.6 is 11.3 Å². The first kappa shape index (κ1) is 18.3. The molecule has 0 spiro atoms. The summed E-state index contributed by atoms with van der Waals surface area (Å²) in [6, 6.07) is 10.1. The lowest BCUT2D eigenvalue weighted by Gasteiger charge is -2.17. The molecule has 1 aliphatic heterocycles. The Morgan fingerprint density at radius 2 is 2.12 bits per heavy atom. The largest absolute Gasteiger partial charge is 0.354 e. The fraction of sp³-hybridized carbons (Fsp3) is 0.444. The highest BCUT2D eigenvalue weighted by Crippen LogP contribution is 2.29. The van der Waals surface area contributed by atoms with Gasteiger partial charge in [-0.15, -0.1) is 10.2 Å². The van der Waals surface area contributed by atoms with Crippen molar-refractivity contribution in [3.05, 3.63) is 35.9 Å². The minimum Gasteiger partial charge on any atom is -0.354 e. The maximum atomic E-state index is 12.2. The van der Waals surface area contributed by atoms with Gasteiger partial charge in [0.2, 0.25) is 22.1 Å². The standard InChI is InChI=1S/C18H23N5O2S/c1-13(14-7-4-3-5-8-14)11-19-15(24)12-22(2)17-20-21-18(26-17)23-10-6-9-16(23)25/h3-5,7-8,13H,6,9-12H2,1-2H3,(H,19,24)/t13-/m1/s1. The summed E-state index contributed by atoms with van der Waals surface area (Å²) in [5.41, 5.74) is 1.20. The third kappa shape index (κ3) is 4.37. The summed E-state index contributed by atoms with van der Waals surface area (Å²) in [7, 11) is 1.80. The van der Waals surface area contributed by atoms with Gasteiger partial charge in [-0.2, -0.15) is 0 Å². The molecule has 0 unspecified atom stereocenters. The summed E-state index contributed by atoms with van der Waals surface area (Å²) in [6.45, 7) is 3.56. The van der Waals surface area contributed by atoms with Crippen LogP contribution in [0.15, 0.2) is 30.3 Å². The Balaban J connectivity index is 1.50. The number of hydrogen-bond acceptors (Lipinski definition) is 6. The Bertz CT molecular complexity index is 764. The molecule has 3 rings (SSSR count). The Kier molecular flexibility index (Phi) is 5.82. The molecule has 2 amide bonds. The van der Waals surface area contributed by atoms with Crippen LogP contribution in [0.1, 0.15) is 31.2 Å². The normalized spacial score (nSPS) is 15.2. The number of carbonyl (C=O) groups is 2. The lowest BCUT2D eigenvalue weighted by molar-refractivity contribution is -0.120. The van der Waals surface area contributed by atoms with Crippen LogP contribution in [0.2, 0.25) is 0 Å². The van der Waals surface area contributed by atoms with Crippen molar-refractivity contribution in [1.82, 2.24) is 15.5 Å². The number of rotatable bonds is 7. The van der Waals surface area contributed by atoms with E-state index in [1.165, 1.54) is 16.9 Å². The van der Waals surface area contributed by atoms with E-state index in [0.29, 0.717) is 29.8 Å². The van der Waals surface area contributed by atoms with Crippen molar-refractivity contribution in [1.29, 1.82) is 0 Å². The van der Waals surface area contributed by atoms with E-state index in [1.54, 1.807) is 16.8 Å². The lowest BCUT2D eigenvalue weighted by atomic mass is 10.0. The molecule has 1 saturated heterocycles. The minimum absolute atomic E-state index is 0.0655. The van der Waals surface area contributed by atoms with E-state index in [2.05, 4.69) is 34.6 Å². The number of anilines is 2. The van der Waals surface area contributed by atoms with Crippen LogP contribution in [0.25, 0.3) is 0 Å². The molecule has 2 heterocycles. The van der Waals surface area contributed by atoms with Gasteiger partial charge in [0, 0.05) is 26.6 Å². The summed E-state index contributed by atoms with van der Waals surface area (Å²) in [5, 5.41) is 12.4. The number of hydrogen-bond donors (Lipinski definition) is 1. The van der Waals surface area contributed by atoms with Crippen molar-refractivity contribution in [3.8, 4) is 0 Å². The zero-order valence-corrected chi connectivity index (χ0v) is 15.8. The SMILES string of the molecule is C[C@H](CNC(=O)CN(C)c1nnc(N2CCCC2=O)s1)c1ccccc1. The zero-order chi connectivity index (χ0) is 18.5. The molecule has 2 aromatic rings. The van der Waals surface area contributed by atoms with Gasteiger partial charge in [-0.25, -0.2) is 0 Å². The van der Waals surface area contributed by atoms with Crippen molar-refractivity contribution in [2.75, 3.05) is 36.5 Å². The van der Waals surface area contributed by atoms with Crippen molar-refractivity contribution in [3.63, 3.8) is 0 Å². The maximum Gasteiger partial charge on any atom is 0.239 e. The van der Waals surface area contributed by atoms with Gasteiger partial charge in [-0.1, -0.05) is 48.6 Å². The molecule has 138 valence electrons. The number of likely N-dealkylation sites (N-methyl/N-ethyl adjacent to an activating group) is 1. The van der Waals surface area contributed by atoms with Gasteiger partial charge in [0.1, 0.15) is 0 Å². The molecule has 1 aromatic carbocycles. The Hall–Kier alpha value is -2.48. The van der Waals surface area contributed by atoms with Gasteiger partial charge in [-0.3, -0.25) is 14.5 Å². The van der Waals surface area contributed by atoms with Crippen LogP contribution in [0.3, 0.4) is 0 Å².